The third-order valence-electron chi connectivity index (χ3n) is 3.50. The second kappa shape index (κ2) is 6.48. The van der Waals surface area contributed by atoms with Gasteiger partial charge in [0.05, 0.1) is 0 Å². The molecule has 0 aliphatic heterocycles. The van der Waals surface area contributed by atoms with Crippen LogP contribution in [-0.2, 0) is 4.79 Å². The number of hydrogen-bond donors (Lipinski definition) is 1. The van der Waals surface area contributed by atoms with Crippen LogP contribution in [0.2, 0.25) is 0 Å². The highest BCUT2D eigenvalue weighted by Gasteiger charge is 2.15. The van der Waals surface area contributed by atoms with Crippen molar-refractivity contribution in [2.45, 2.75) is 13.0 Å². The van der Waals surface area contributed by atoms with Gasteiger partial charge in [-0.25, -0.2) is 4.39 Å². The van der Waals surface area contributed by atoms with E-state index >= 15 is 0 Å². The van der Waals surface area contributed by atoms with Crippen LogP contribution in [0.5, 0.6) is 5.75 Å². The normalized spacial score (nSPS) is 11.9. The topological polar surface area (TPSA) is 38.3 Å². The Labute approximate surface area is 133 Å². The minimum atomic E-state index is -0.695. The van der Waals surface area contributed by atoms with Crippen molar-refractivity contribution >= 4 is 22.4 Å². The maximum absolute atomic E-state index is 13.1. The molecule has 3 nitrogen and oxygen atoms in total. The van der Waals surface area contributed by atoms with Gasteiger partial charge in [-0.15, -0.1) is 0 Å². The van der Waals surface area contributed by atoms with Crippen molar-refractivity contribution in [3.8, 4) is 5.75 Å². The Morgan fingerprint density at radius 1 is 1.00 bits per heavy atom. The van der Waals surface area contributed by atoms with Crippen LogP contribution in [-0.4, -0.2) is 12.0 Å². The van der Waals surface area contributed by atoms with Crippen molar-refractivity contribution in [3.05, 3.63) is 72.5 Å². The summed E-state index contributed by atoms with van der Waals surface area (Å²) in [6.45, 7) is 1.66. The number of carbonyl (C=O) groups is 1. The molecular formula is C19H16FNO2. The third-order valence-corrected chi connectivity index (χ3v) is 3.50. The third kappa shape index (κ3) is 3.66. The van der Waals surface area contributed by atoms with Gasteiger partial charge in [0.25, 0.3) is 5.91 Å². The van der Waals surface area contributed by atoms with E-state index in [4.69, 9.17) is 4.74 Å². The van der Waals surface area contributed by atoms with E-state index in [0.29, 0.717) is 11.4 Å². The summed E-state index contributed by atoms with van der Waals surface area (Å²) in [7, 11) is 0. The summed E-state index contributed by atoms with van der Waals surface area (Å²) in [5.41, 5.74) is 0.406. The molecule has 4 heteroatoms. The number of hydrogen-bond acceptors (Lipinski definition) is 2. The Kier molecular flexibility index (Phi) is 4.24. The molecule has 1 amide bonds. The lowest BCUT2D eigenvalue weighted by Gasteiger charge is -2.15. The van der Waals surface area contributed by atoms with Gasteiger partial charge in [0.1, 0.15) is 11.6 Å². The lowest BCUT2D eigenvalue weighted by molar-refractivity contribution is -0.122. The second-order valence-corrected chi connectivity index (χ2v) is 5.27. The summed E-state index contributed by atoms with van der Waals surface area (Å²) in [5.74, 6) is -0.111. The number of rotatable bonds is 4. The zero-order valence-corrected chi connectivity index (χ0v) is 12.6. The zero-order chi connectivity index (χ0) is 16.2. The van der Waals surface area contributed by atoms with E-state index in [-0.39, 0.29) is 5.91 Å². The highest BCUT2D eigenvalue weighted by atomic mass is 19.1. The lowest BCUT2D eigenvalue weighted by Crippen LogP contribution is -2.30. The first-order chi connectivity index (χ1) is 11.1. The van der Waals surface area contributed by atoms with E-state index < -0.39 is 11.9 Å². The van der Waals surface area contributed by atoms with E-state index in [9.17, 15) is 9.18 Å². The van der Waals surface area contributed by atoms with Crippen molar-refractivity contribution in [3.63, 3.8) is 0 Å². The minimum Gasteiger partial charge on any atom is -0.481 e. The smallest absolute Gasteiger partial charge is 0.265 e. The minimum absolute atomic E-state index is 0.330. The average Bonchev–Trinajstić information content (AvgIpc) is 2.54. The Morgan fingerprint density at radius 2 is 1.78 bits per heavy atom. The molecule has 3 aromatic rings. The van der Waals surface area contributed by atoms with Crippen LogP contribution in [0.1, 0.15) is 6.92 Å². The monoisotopic (exact) mass is 309 g/mol. The number of amides is 1. The molecule has 116 valence electrons. The molecule has 0 aromatic heterocycles. The molecule has 0 saturated carbocycles. The second-order valence-electron chi connectivity index (χ2n) is 5.27. The molecule has 0 unspecified atom stereocenters. The molecule has 23 heavy (non-hydrogen) atoms. The summed E-state index contributed by atoms with van der Waals surface area (Å²) in [5, 5.41) is 4.79. The van der Waals surface area contributed by atoms with Gasteiger partial charge in [-0.1, -0.05) is 36.4 Å². The van der Waals surface area contributed by atoms with E-state index in [0.717, 1.165) is 10.8 Å². The maximum Gasteiger partial charge on any atom is 0.265 e. The molecule has 3 rings (SSSR count). The number of benzene rings is 3. The summed E-state index contributed by atoms with van der Waals surface area (Å²) in [4.78, 5) is 12.1. The molecule has 0 spiro atoms. The van der Waals surface area contributed by atoms with Crippen LogP contribution in [0.3, 0.4) is 0 Å². The number of fused-ring (bicyclic) bond motifs is 1. The van der Waals surface area contributed by atoms with E-state index in [1.165, 1.54) is 12.1 Å². The van der Waals surface area contributed by atoms with Crippen LogP contribution >= 0.6 is 0 Å². The van der Waals surface area contributed by atoms with Gasteiger partial charge in [0, 0.05) is 5.69 Å². The van der Waals surface area contributed by atoms with Crippen LogP contribution in [0.25, 0.3) is 10.8 Å². The highest BCUT2D eigenvalue weighted by Crippen LogP contribution is 2.21. The number of halogens is 1. The number of anilines is 1. The number of carbonyl (C=O) groups excluding carboxylic acids is 1. The summed E-state index contributed by atoms with van der Waals surface area (Å²) >= 11 is 0. The molecule has 3 aromatic carbocycles. The standard InChI is InChI=1S/C19H16FNO2/c1-13(19(22)21-17-8-4-7-16(20)12-17)23-18-10-9-14-5-2-3-6-15(14)11-18/h2-13H,1H3,(H,21,22)/t13-/m1/s1. The fourth-order valence-electron chi connectivity index (χ4n) is 2.31. The lowest BCUT2D eigenvalue weighted by atomic mass is 10.1. The zero-order valence-electron chi connectivity index (χ0n) is 12.6. The Morgan fingerprint density at radius 3 is 2.57 bits per heavy atom. The average molecular weight is 309 g/mol. The fourth-order valence-corrected chi connectivity index (χ4v) is 2.31. The van der Waals surface area contributed by atoms with Gasteiger partial charge in [-0.05, 0) is 48.0 Å². The molecule has 0 aliphatic carbocycles. The summed E-state index contributed by atoms with van der Waals surface area (Å²) in [6, 6.07) is 19.3. The van der Waals surface area contributed by atoms with Crippen molar-refractivity contribution in [2.75, 3.05) is 5.32 Å². The van der Waals surface area contributed by atoms with Gasteiger partial charge < -0.3 is 10.1 Å². The maximum atomic E-state index is 13.1. The van der Waals surface area contributed by atoms with Gasteiger partial charge in [-0.3, -0.25) is 4.79 Å². The molecule has 0 bridgehead atoms. The van der Waals surface area contributed by atoms with Gasteiger partial charge in [0.15, 0.2) is 6.10 Å². The molecule has 0 fully saturated rings. The van der Waals surface area contributed by atoms with E-state index in [1.54, 1.807) is 19.1 Å². The van der Waals surface area contributed by atoms with Crippen molar-refractivity contribution in [1.82, 2.24) is 0 Å². The van der Waals surface area contributed by atoms with Gasteiger partial charge >= 0.3 is 0 Å². The fraction of sp³-hybridized carbons (Fsp3) is 0.105. The van der Waals surface area contributed by atoms with E-state index in [1.807, 2.05) is 42.5 Å². The largest absolute Gasteiger partial charge is 0.481 e. The first kappa shape index (κ1) is 15.0. The molecule has 0 heterocycles. The Hall–Kier alpha value is -2.88. The van der Waals surface area contributed by atoms with Crippen molar-refractivity contribution < 1.29 is 13.9 Å². The Balaban J connectivity index is 1.69. The quantitative estimate of drug-likeness (QED) is 0.776. The van der Waals surface area contributed by atoms with Gasteiger partial charge in [0.2, 0.25) is 0 Å². The van der Waals surface area contributed by atoms with Gasteiger partial charge in [-0.2, -0.15) is 0 Å². The molecule has 0 radical (unpaired) electrons. The number of ether oxygens (including phenoxy) is 1. The first-order valence-corrected chi connectivity index (χ1v) is 7.34. The molecule has 0 saturated heterocycles. The highest BCUT2D eigenvalue weighted by molar-refractivity contribution is 5.94. The SMILES string of the molecule is C[C@@H](Oc1ccc2ccccc2c1)C(=O)Nc1cccc(F)c1. The van der Waals surface area contributed by atoms with Crippen LogP contribution < -0.4 is 10.1 Å². The molecule has 0 aliphatic rings. The number of nitrogens with one attached hydrogen (secondary N) is 1. The first-order valence-electron chi connectivity index (χ1n) is 7.34. The summed E-state index contributed by atoms with van der Waals surface area (Å²) < 4.78 is 18.8. The van der Waals surface area contributed by atoms with E-state index in [2.05, 4.69) is 5.32 Å². The van der Waals surface area contributed by atoms with Crippen LogP contribution in [0.15, 0.2) is 66.7 Å². The molecule has 1 N–H and O–H groups in total. The van der Waals surface area contributed by atoms with Crippen molar-refractivity contribution in [2.24, 2.45) is 0 Å². The Bertz CT molecular complexity index is 847. The molecular weight excluding hydrogens is 293 g/mol. The molecule has 1 atom stereocenters. The van der Waals surface area contributed by atoms with Crippen molar-refractivity contribution in [1.29, 1.82) is 0 Å². The van der Waals surface area contributed by atoms with Crippen LogP contribution in [0, 0.1) is 5.82 Å². The summed E-state index contributed by atoms with van der Waals surface area (Å²) in [6.07, 6.45) is -0.695. The predicted molar refractivity (Wildman–Crippen MR) is 89.1 cm³/mol. The van der Waals surface area contributed by atoms with Crippen LogP contribution in [0.4, 0.5) is 10.1 Å². The predicted octanol–water partition coefficient (Wildman–Crippen LogP) is 4.38.